The highest BCUT2D eigenvalue weighted by Crippen LogP contribution is 2.19. The molecule has 1 unspecified atom stereocenters. The summed E-state index contributed by atoms with van der Waals surface area (Å²) < 4.78 is 11.3. The van der Waals surface area contributed by atoms with Gasteiger partial charge in [0.25, 0.3) is 11.3 Å². The van der Waals surface area contributed by atoms with Crippen molar-refractivity contribution in [3.63, 3.8) is 0 Å². The van der Waals surface area contributed by atoms with Gasteiger partial charge in [-0.3, -0.25) is 9.36 Å². The van der Waals surface area contributed by atoms with Gasteiger partial charge in [-0.25, -0.2) is 0 Å². The van der Waals surface area contributed by atoms with Crippen molar-refractivity contribution in [1.29, 1.82) is 0 Å². The van der Waals surface area contributed by atoms with Crippen LogP contribution >= 0.6 is 0 Å². The summed E-state index contributed by atoms with van der Waals surface area (Å²) in [6, 6.07) is 9.97. The van der Waals surface area contributed by atoms with Crippen LogP contribution in [0.25, 0.3) is 11.1 Å². The van der Waals surface area contributed by atoms with Gasteiger partial charge in [-0.1, -0.05) is 89.9 Å². The second kappa shape index (κ2) is 18.9. The van der Waals surface area contributed by atoms with Gasteiger partial charge in [0.05, 0.1) is 18.3 Å². The number of nitrogens with one attached hydrogen (secondary N) is 1. The zero-order chi connectivity index (χ0) is 25.9. The van der Waals surface area contributed by atoms with Gasteiger partial charge in [0, 0.05) is 14.2 Å². The molecule has 1 N–H and O–H groups in total. The Balaban J connectivity index is 0.00000121. The third-order valence-electron chi connectivity index (χ3n) is 4.62. The number of aromatic nitrogens is 3. The molecule has 1 atom stereocenters. The van der Waals surface area contributed by atoms with Crippen molar-refractivity contribution in [2.75, 3.05) is 20.8 Å². The predicted octanol–water partition coefficient (Wildman–Crippen LogP) is 6.29. The molecule has 2 heterocycles. The van der Waals surface area contributed by atoms with E-state index in [-0.39, 0.29) is 11.6 Å². The minimum Gasteiger partial charge on any atom is -0.388 e. The van der Waals surface area contributed by atoms with Crippen LogP contribution in [0.4, 0.5) is 0 Å². The van der Waals surface area contributed by atoms with E-state index in [4.69, 9.17) is 4.52 Å². The van der Waals surface area contributed by atoms with Gasteiger partial charge >= 0.3 is 0 Å². The van der Waals surface area contributed by atoms with Gasteiger partial charge in [-0.05, 0) is 31.9 Å². The molecule has 1 aromatic carbocycles. The molecule has 7 heteroatoms. The van der Waals surface area contributed by atoms with Crippen LogP contribution in [-0.2, 0) is 11.3 Å². The minimum atomic E-state index is -0.0941. The molecular weight excluding hydrogens is 428 g/mol. The first-order valence-electron chi connectivity index (χ1n) is 12.5. The van der Waals surface area contributed by atoms with E-state index >= 15 is 0 Å². The average molecular weight is 475 g/mol. The van der Waals surface area contributed by atoms with Crippen LogP contribution in [0, 0.1) is 6.92 Å². The number of benzene rings is 1. The topological polar surface area (TPSA) is 82.2 Å². The third kappa shape index (κ3) is 9.77. The van der Waals surface area contributed by atoms with Crippen molar-refractivity contribution in [3.05, 3.63) is 57.8 Å². The molecule has 0 saturated heterocycles. The predicted molar refractivity (Wildman–Crippen MR) is 143 cm³/mol. The molecule has 192 valence electrons. The fraction of sp³-hybridized carbons (Fsp3) is 0.593. The Hall–Kier alpha value is -2.51. The first kappa shape index (κ1) is 31.5. The van der Waals surface area contributed by atoms with Crippen molar-refractivity contribution < 1.29 is 9.26 Å². The molecule has 34 heavy (non-hydrogen) atoms. The molecule has 0 fully saturated rings. The Morgan fingerprint density at radius 2 is 1.68 bits per heavy atom. The summed E-state index contributed by atoms with van der Waals surface area (Å²) in [7, 11) is 3.25. The second-order valence-corrected chi connectivity index (χ2v) is 7.68. The number of hydrogen-bond donors (Lipinski definition) is 1. The number of fused-ring (bicyclic) bond motifs is 1. The lowest BCUT2D eigenvalue weighted by molar-refractivity contribution is 0.277. The molecule has 0 bridgehead atoms. The number of methoxy groups -OCH3 is 1. The highest BCUT2D eigenvalue weighted by Gasteiger charge is 2.22. The van der Waals surface area contributed by atoms with Gasteiger partial charge in [-0.2, -0.15) is 4.98 Å². The Morgan fingerprint density at radius 1 is 1.09 bits per heavy atom. The first-order valence-corrected chi connectivity index (χ1v) is 12.5. The van der Waals surface area contributed by atoms with Crippen molar-refractivity contribution in [1.82, 2.24) is 20.0 Å². The van der Waals surface area contributed by atoms with Crippen LogP contribution in [0.3, 0.4) is 0 Å². The maximum Gasteiger partial charge on any atom is 0.267 e. The van der Waals surface area contributed by atoms with E-state index in [0.717, 1.165) is 31.4 Å². The van der Waals surface area contributed by atoms with Crippen LogP contribution in [0.2, 0.25) is 0 Å². The van der Waals surface area contributed by atoms with Crippen molar-refractivity contribution >= 4 is 11.1 Å². The Bertz CT molecular complexity index is 950. The van der Waals surface area contributed by atoms with E-state index in [2.05, 4.69) is 47.9 Å². The molecular formula is C27H46N4O3. The van der Waals surface area contributed by atoms with Crippen molar-refractivity contribution in [3.8, 4) is 0 Å². The van der Waals surface area contributed by atoms with Crippen LogP contribution < -0.4 is 10.9 Å². The summed E-state index contributed by atoms with van der Waals surface area (Å²) in [6.07, 6.45) is 4.29. The SMILES string of the molecule is CC.CCC.CCCCNC(CC)c1nc2onc(C)c2c(=O)n1Cc1ccccc1.COC. The first-order chi connectivity index (χ1) is 16.5. The summed E-state index contributed by atoms with van der Waals surface area (Å²) in [5.74, 6) is 0.709. The lowest BCUT2D eigenvalue weighted by Crippen LogP contribution is -2.32. The summed E-state index contributed by atoms with van der Waals surface area (Å²) in [6.45, 7) is 15.7. The van der Waals surface area contributed by atoms with Crippen LogP contribution in [0.15, 0.2) is 39.6 Å². The molecule has 3 aromatic rings. The number of nitrogens with zero attached hydrogens (tertiary/aromatic N) is 3. The number of aryl methyl sites for hydroxylation is 1. The standard InChI is InChI=1S/C20H26N4O2.C3H8.C2H6O.C2H6/c1-4-6-12-21-16(5-2)18-22-19-17(14(3)23-26-19)20(25)24(18)13-15-10-8-7-9-11-15;2*1-3-2;1-2/h7-11,16,21H,4-6,12-13H2,1-3H3;3H2,1-2H3;1-2H3;1-2H3. The number of unbranched alkanes of at least 4 members (excludes halogenated alkanes) is 1. The van der Waals surface area contributed by atoms with Crippen LogP contribution in [-0.4, -0.2) is 35.5 Å². The van der Waals surface area contributed by atoms with E-state index in [0.29, 0.717) is 29.2 Å². The fourth-order valence-corrected chi connectivity index (χ4v) is 3.14. The molecule has 7 nitrogen and oxygen atoms in total. The van der Waals surface area contributed by atoms with Crippen molar-refractivity contribution in [2.45, 2.75) is 86.7 Å². The molecule has 0 spiro atoms. The van der Waals surface area contributed by atoms with E-state index in [9.17, 15) is 4.79 Å². The Kier molecular flexibility index (Phi) is 17.5. The summed E-state index contributed by atoms with van der Waals surface area (Å²) in [5.41, 5.74) is 1.87. The molecule has 3 rings (SSSR count). The van der Waals surface area contributed by atoms with E-state index in [1.165, 1.54) is 6.42 Å². The highest BCUT2D eigenvalue weighted by atomic mass is 16.5. The monoisotopic (exact) mass is 474 g/mol. The molecule has 0 amide bonds. The Morgan fingerprint density at radius 3 is 2.21 bits per heavy atom. The third-order valence-corrected chi connectivity index (χ3v) is 4.62. The van der Waals surface area contributed by atoms with E-state index < -0.39 is 0 Å². The normalized spacial score (nSPS) is 10.9. The number of rotatable bonds is 8. The van der Waals surface area contributed by atoms with Crippen molar-refractivity contribution in [2.24, 2.45) is 0 Å². The molecule has 0 radical (unpaired) electrons. The number of ether oxygens (including phenoxy) is 1. The summed E-state index contributed by atoms with van der Waals surface area (Å²) >= 11 is 0. The van der Waals surface area contributed by atoms with Gasteiger partial charge in [-0.15, -0.1) is 0 Å². The molecule has 0 aliphatic carbocycles. The molecule has 0 aliphatic heterocycles. The molecule has 0 saturated carbocycles. The van der Waals surface area contributed by atoms with Gasteiger partial charge < -0.3 is 14.6 Å². The maximum absolute atomic E-state index is 13.2. The second-order valence-electron chi connectivity index (χ2n) is 7.68. The quantitative estimate of drug-likeness (QED) is 0.387. The number of hydrogen-bond acceptors (Lipinski definition) is 6. The molecule has 0 aliphatic rings. The fourth-order valence-electron chi connectivity index (χ4n) is 3.14. The molecule has 2 aromatic heterocycles. The average Bonchev–Trinajstić information content (AvgIpc) is 3.22. The zero-order valence-electron chi connectivity index (χ0n) is 22.8. The van der Waals surface area contributed by atoms with Gasteiger partial charge in [0.15, 0.2) is 0 Å². The largest absolute Gasteiger partial charge is 0.388 e. The lowest BCUT2D eigenvalue weighted by atomic mass is 10.1. The summed E-state index contributed by atoms with van der Waals surface area (Å²) in [5, 5.41) is 7.93. The Labute approximate surface area is 205 Å². The minimum absolute atomic E-state index is 0.00670. The van der Waals surface area contributed by atoms with Gasteiger partial charge in [0.2, 0.25) is 0 Å². The smallest absolute Gasteiger partial charge is 0.267 e. The van der Waals surface area contributed by atoms with E-state index in [1.54, 1.807) is 25.7 Å². The zero-order valence-corrected chi connectivity index (χ0v) is 22.8. The lowest BCUT2D eigenvalue weighted by Gasteiger charge is -2.20. The summed E-state index contributed by atoms with van der Waals surface area (Å²) in [4.78, 5) is 17.9. The van der Waals surface area contributed by atoms with Crippen LogP contribution in [0.1, 0.15) is 90.3 Å². The van der Waals surface area contributed by atoms with Crippen LogP contribution in [0.5, 0.6) is 0 Å². The maximum atomic E-state index is 13.2. The van der Waals surface area contributed by atoms with Gasteiger partial charge in [0.1, 0.15) is 11.2 Å². The highest BCUT2D eigenvalue weighted by molar-refractivity contribution is 5.74. The van der Waals surface area contributed by atoms with E-state index in [1.807, 2.05) is 44.2 Å².